The van der Waals surface area contributed by atoms with E-state index >= 15 is 0 Å². The average molecular weight is 381 g/mol. The van der Waals surface area contributed by atoms with Crippen molar-refractivity contribution in [2.24, 2.45) is 5.41 Å². The highest BCUT2D eigenvalue weighted by atomic mass is 32.1. The molecule has 0 bridgehead atoms. The first-order valence-corrected chi connectivity index (χ1v) is 10.1. The van der Waals surface area contributed by atoms with E-state index in [2.05, 4.69) is 25.2 Å². The first-order valence-electron chi connectivity index (χ1n) is 9.24. The average Bonchev–Trinajstić information content (AvgIpc) is 2.92. The van der Waals surface area contributed by atoms with Crippen LogP contribution in [0.3, 0.4) is 0 Å². The second-order valence-electron chi connectivity index (χ2n) is 8.23. The number of para-hydroxylation sites is 2. The summed E-state index contributed by atoms with van der Waals surface area (Å²) in [5.41, 5.74) is 4.40. The van der Waals surface area contributed by atoms with Gasteiger partial charge in [0.05, 0.1) is 11.4 Å². The molecule has 5 heteroatoms. The van der Waals surface area contributed by atoms with Gasteiger partial charge in [-0.15, -0.1) is 11.3 Å². The Labute approximate surface area is 163 Å². The number of amides is 1. The highest BCUT2D eigenvalue weighted by molar-refractivity contribution is 7.10. The fourth-order valence-corrected chi connectivity index (χ4v) is 5.27. The quantitative estimate of drug-likeness (QED) is 0.738. The summed E-state index contributed by atoms with van der Waals surface area (Å²) in [7, 11) is 0. The van der Waals surface area contributed by atoms with Gasteiger partial charge >= 0.3 is 0 Å². The molecule has 2 aliphatic rings. The molecule has 1 aliphatic carbocycles. The molecule has 1 aromatic heterocycles. The Morgan fingerprint density at radius 3 is 2.63 bits per heavy atom. The number of carbonyl (C=O) groups is 2. The minimum absolute atomic E-state index is 0.0616. The number of ketones is 1. The summed E-state index contributed by atoms with van der Waals surface area (Å²) in [5.74, 6) is 0.0686. The van der Waals surface area contributed by atoms with Crippen LogP contribution in [0.4, 0.5) is 11.4 Å². The van der Waals surface area contributed by atoms with Crippen LogP contribution < -0.4 is 10.2 Å². The number of fused-ring (bicyclic) bond motifs is 1. The van der Waals surface area contributed by atoms with E-state index in [4.69, 9.17) is 0 Å². The van der Waals surface area contributed by atoms with Crippen molar-refractivity contribution in [3.8, 4) is 0 Å². The predicted molar refractivity (Wildman–Crippen MR) is 110 cm³/mol. The SMILES string of the molecule is CC(=O)N1c2ccccc2NC2=C(C(=O)CC(C)(C)C2)C1c1sccc1C. The van der Waals surface area contributed by atoms with Gasteiger partial charge < -0.3 is 5.32 Å². The summed E-state index contributed by atoms with van der Waals surface area (Å²) in [6.45, 7) is 7.88. The molecule has 1 atom stereocenters. The van der Waals surface area contributed by atoms with Gasteiger partial charge in [0.25, 0.3) is 0 Å². The number of Topliss-reactive ketones (excluding diaryl/α,β-unsaturated/α-hetero) is 1. The maximum Gasteiger partial charge on any atom is 0.224 e. The molecular weight excluding hydrogens is 356 g/mol. The summed E-state index contributed by atoms with van der Waals surface area (Å²) < 4.78 is 0. The van der Waals surface area contributed by atoms with Gasteiger partial charge in [-0.1, -0.05) is 26.0 Å². The topological polar surface area (TPSA) is 49.4 Å². The van der Waals surface area contributed by atoms with Crippen molar-refractivity contribution in [3.05, 3.63) is 57.4 Å². The van der Waals surface area contributed by atoms with Crippen molar-refractivity contribution in [1.82, 2.24) is 0 Å². The number of aryl methyl sites for hydroxylation is 1. The van der Waals surface area contributed by atoms with Crippen LogP contribution in [0.1, 0.15) is 50.1 Å². The zero-order valence-electron chi connectivity index (χ0n) is 16.1. The van der Waals surface area contributed by atoms with Crippen LogP contribution in [-0.4, -0.2) is 11.7 Å². The predicted octanol–water partition coefficient (Wildman–Crippen LogP) is 5.22. The molecule has 2 aromatic rings. The Bertz CT molecular complexity index is 970. The second kappa shape index (κ2) is 6.34. The number of rotatable bonds is 1. The van der Waals surface area contributed by atoms with Crippen molar-refractivity contribution in [1.29, 1.82) is 0 Å². The lowest BCUT2D eigenvalue weighted by atomic mass is 9.74. The molecule has 27 heavy (non-hydrogen) atoms. The van der Waals surface area contributed by atoms with E-state index in [1.165, 1.54) is 0 Å². The van der Waals surface area contributed by atoms with Crippen LogP contribution in [0, 0.1) is 12.3 Å². The van der Waals surface area contributed by atoms with Gasteiger partial charge in [-0.3, -0.25) is 14.5 Å². The molecule has 4 rings (SSSR count). The van der Waals surface area contributed by atoms with E-state index in [-0.39, 0.29) is 23.1 Å². The number of nitrogens with zero attached hydrogens (tertiary/aromatic N) is 1. The fourth-order valence-electron chi connectivity index (χ4n) is 4.25. The van der Waals surface area contributed by atoms with E-state index in [0.717, 1.165) is 39.5 Å². The van der Waals surface area contributed by atoms with Crippen molar-refractivity contribution in [2.75, 3.05) is 10.2 Å². The van der Waals surface area contributed by atoms with Crippen molar-refractivity contribution >= 4 is 34.4 Å². The van der Waals surface area contributed by atoms with Gasteiger partial charge in [0.15, 0.2) is 5.78 Å². The third kappa shape index (κ3) is 3.00. The summed E-state index contributed by atoms with van der Waals surface area (Å²) in [6, 6.07) is 9.50. The highest BCUT2D eigenvalue weighted by Crippen LogP contribution is 2.49. The maximum absolute atomic E-state index is 13.3. The summed E-state index contributed by atoms with van der Waals surface area (Å²) >= 11 is 1.61. The maximum atomic E-state index is 13.3. The largest absolute Gasteiger partial charge is 0.357 e. The molecule has 1 N–H and O–H groups in total. The lowest BCUT2D eigenvalue weighted by Crippen LogP contribution is -2.38. The smallest absolute Gasteiger partial charge is 0.224 e. The van der Waals surface area contributed by atoms with Gasteiger partial charge in [0, 0.05) is 29.5 Å². The Balaban J connectivity index is 2.02. The molecule has 2 heterocycles. The van der Waals surface area contributed by atoms with Crippen LogP contribution in [0.2, 0.25) is 0 Å². The van der Waals surface area contributed by atoms with Crippen LogP contribution in [0.25, 0.3) is 0 Å². The summed E-state index contributed by atoms with van der Waals surface area (Å²) in [5, 5.41) is 5.55. The molecule has 1 aromatic carbocycles. The third-order valence-electron chi connectivity index (χ3n) is 5.39. The lowest BCUT2D eigenvalue weighted by molar-refractivity contribution is -0.118. The number of benzene rings is 1. The Morgan fingerprint density at radius 1 is 1.22 bits per heavy atom. The minimum atomic E-state index is -0.378. The summed E-state index contributed by atoms with van der Waals surface area (Å²) in [4.78, 5) is 29.0. The number of allylic oxidation sites excluding steroid dienone is 1. The number of hydrogen-bond donors (Lipinski definition) is 1. The fraction of sp³-hybridized carbons (Fsp3) is 0.364. The number of carbonyl (C=O) groups excluding carboxylic acids is 2. The van der Waals surface area contributed by atoms with E-state index in [1.807, 2.05) is 36.6 Å². The first-order chi connectivity index (χ1) is 12.8. The lowest BCUT2D eigenvalue weighted by Gasteiger charge is -2.36. The molecule has 0 saturated heterocycles. The van der Waals surface area contributed by atoms with Crippen molar-refractivity contribution in [3.63, 3.8) is 0 Å². The van der Waals surface area contributed by atoms with Crippen LogP contribution in [0.15, 0.2) is 47.0 Å². The third-order valence-corrected chi connectivity index (χ3v) is 6.46. The summed E-state index contributed by atoms with van der Waals surface area (Å²) in [6.07, 6.45) is 1.28. The van der Waals surface area contributed by atoms with Gasteiger partial charge in [0.1, 0.15) is 6.04 Å². The van der Waals surface area contributed by atoms with Gasteiger partial charge in [-0.05, 0) is 47.9 Å². The molecule has 1 amide bonds. The number of nitrogens with one attached hydrogen (secondary N) is 1. The Morgan fingerprint density at radius 2 is 1.96 bits per heavy atom. The van der Waals surface area contributed by atoms with Gasteiger partial charge in [-0.2, -0.15) is 0 Å². The van der Waals surface area contributed by atoms with Crippen LogP contribution >= 0.6 is 11.3 Å². The van der Waals surface area contributed by atoms with Gasteiger partial charge in [0.2, 0.25) is 5.91 Å². The Hall–Kier alpha value is -2.40. The molecule has 1 unspecified atom stereocenters. The zero-order chi connectivity index (χ0) is 19.3. The standard InChI is InChI=1S/C22H24N2O2S/c1-13-9-10-27-21(13)20-19-16(11-22(3,4)12-18(19)26)23-15-7-5-6-8-17(15)24(20)14(2)25/h5-10,20,23H,11-12H2,1-4H3. The van der Waals surface area contributed by atoms with E-state index in [0.29, 0.717) is 6.42 Å². The van der Waals surface area contributed by atoms with Crippen LogP contribution in [0.5, 0.6) is 0 Å². The number of anilines is 2. The van der Waals surface area contributed by atoms with E-state index in [9.17, 15) is 9.59 Å². The normalized spacial score (nSPS) is 21.3. The zero-order valence-corrected chi connectivity index (χ0v) is 16.9. The van der Waals surface area contributed by atoms with E-state index < -0.39 is 0 Å². The molecular formula is C22H24N2O2S. The molecule has 0 saturated carbocycles. The van der Waals surface area contributed by atoms with Gasteiger partial charge in [-0.25, -0.2) is 0 Å². The highest BCUT2D eigenvalue weighted by Gasteiger charge is 2.43. The van der Waals surface area contributed by atoms with Crippen LogP contribution in [-0.2, 0) is 9.59 Å². The molecule has 1 aliphatic heterocycles. The monoisotopic (exact) mass is 380 g/mol. The Kier molecular flexibility index (Phi) is 4.22. The molecule has 0 spiro atoms. The minimum Gasteiger partial charge on any atom is -0.357 e. The molecule has 0 fully saturated rings. The molecule has 140 valence electrons. The van der Waals surface area contributed by atoms with Crippen molar-refractivity contribution in [2.45, 2.75) is 46.6 Å². The number of hydrogen-bond acceptors (Lipinski definition) is 4. The molecule has 0 radical (unpaired) electrons. The number of thiophene rings is 1. The van der Waals surface area contributed by atoms with E-state index in [1.54, 1.807) is 23.2 Å². The second-order valence-corrected chi connectivity index (χ2v) is 9.18. The first kappa shape index (κ1) is 18.0. The molecule has 4 nitrogen and oxygen atoms in total. The van der Waals surface area contributed by atoms with Crippen molar-refractivity contribution < 1.29 is 9.59 Å².